The molecule has 2 heterocycles. The lowest BCUT2D eigenvalue weighted by Crippen LogP contribution is -2.46. The molecule has 0 spiro atoms. The summed E-state index contributed by atoms with van der Waals surface area (Å²) in [5.74, 6) is 0.994. The number of aromatic nitrogens is 1. The first-order valence-electron chi connectivity index (χ1n) is 10.9. The molecule has 0 bridgehead atoms. The summed E-state index contributed by atoms with van der Waals surface area (Å²) in [7, 11) is 0. The van der Waals surface area contributed by atoms with Gasteiger partial charge in [-0.1, -0.05) is 48.5 Å². The Bertz CT molecular complexity index is 1030. The highest BCUT2D eigenvalue weighted by atomic mass is 16.5. The van der Waals surface area contributed by atoms with Crippen LogP contribution in [-0.2, 0) is 9.59 Å². The number of nitrogens with zero attached hydrogens (tertiary/aromatic N) is 2. The summed E-state index contributed by atoms with van der Waals surface area (Å²) < 4.78 is 5.89. The molecule has 1 aliphatic rings. The Balaban J connectivity index is 1.27. The third kappa shape index (κ3) is 5.32. The summed E-state index contributed by atoms with van der Waals surface area (Å²) >= 11 is 0. The van der Waals surface area contributed by atoms with Crippen LogP contribution in [0.25, 0.3) is 11.1 Å². The van der Waals surface area contributed by atoms with E-state index in [1.54, 1.807) is 30.2 Å². The Kier molecular flexibility index (Phi) is 6.80. The average Bonchev–Trinajstić information content (AvgIpc) is 2.85. The number of hydrogen-bond donors (Lipinski definition) is 1. The molecule has 4 rings (SSSR count). The molecule has 1 atom stereocenters. The predicted octanol–water partition coefficient (Wildman–Crippen LogP) is 4.39. The second-order valence-corrected chi connectivity index (χ2v) is 7.95. The molecule has 0 radical (unpaired) electrons. The molecule has 3 aromatic rings. The molecule has 6 heteroatoms. The zero-order valence-corrected chi connectivity index (χ0v) is 18.1. The van der Waals surface area contributed by atoms with E-state index < -0.39 is 6.10 Å². The van der Waals surface area contributed by atoms with Crippen molar-refractivity contribution in [2.75, 3.05) is 18.4 Å². The minimum Gasteiger partial charge on any atom is -0.481 e. The number of benzene rings is 2. The van der Waals surface area contributed by atoms with E-state index in [4.69, 9.17) is 4.74 Å². The Morgan fingerprint density at radius 1 is 0.938 bits per heavy atom. The van der Waals surface area contributed by atoms with Gasteiger partial charge in [-0.15, -0.1) is 0 Å². The second kappa shape index (κ2) is 10.1. The van der Waals surface area contributed by atoms with Gasteiger partial charge >= 0.3 is 0 Å². The maximum Gasteiger partial charge on any atom is 0.263 e. The van der Waals surface area contributed by atoms with Gasteiger partial charge in [0.25, 0.3) is 5.91 Å². The third-order valence-electron chi connectivity index (χ3n) is 5.72. The fourth-order valence-electron chi connectivity index (χ4n) is 3.90. The van der Waals surface area contributed by atoms with E-state index in [9.17, 15) is 9.59 Å². The maximum atomic E-state index is 12.8. The zero-order chi connectivity index (χ0) is 22.3. The molecule has 1 N–H and O–H groups in total. The van der Waals surface area contributed by atoms with Gasteiger partial charge in [0.15, 0.2) is 6.10 Å². The fraction of sp³-hybridized carbons (Fsp3) is 0.269. The largest absolute Gasteiger partial charge is 0.481 e. The molecule has 2 aromatic carbocycles. The van der Waals surface area contributed by atoms with Gasteiger partial charge in [0.05, 0.1) is 0 Å². The number of piperidine rings is 1. The molecular weight excluding hydrogens is 402 g/mol. The van der Waals surface area contributed by atoms with Crippen molar-refractivity contribution in [1.29, 1.82) is 0 Å². The first-order valence-corrected chi connectivity index (χ1v) is 10.9. The monoisotopic (exact) mass is 429 g/mol. The minimum absolute atomic E-state index is 0.0430. The van der Waals surface area contributed by atoms with Crippen molar-refractivity contribution in [1.82, 2.24) is 9.88 Å². The molecule has 1 unspecified atom stereocenters. The quantitative estimate of drug-likeness (QED) is 0.631. The lowest BCUT2D eigenvalue weighted by Gasteiger charge is -2.32. The molecule has 2 amide bonds. The Morgan fingerprint density at radius 2 is 1.59 bits per heavy atom. The van der Waals surface area contributed by atoms with Crippen molar-refractivity contribution >= 4 is 17.6 Å². The van der Waals surface area contributed by atoms with Crippen molar-refractivity contribution in [2.24, 2.45) is 5.92 Å². The first kappa shape index (κ1) is 21.6. The molecule has 164 valence electrons. The number of rotatable bonds is 6. The highest BCUT2D eigenvalue weighted by Gasteiger charge is 2.30. The van der Waals surface area contributed by atoms with E-state index in [0.29, 0.717) is 37.5 Å². The van der Waals surface area contributed by atoms with Crippen LogP contribution in [0.15, 0.2) is 79.0 Å². The van der Waals surface area contributed by atoms with Gasteiger partial charge in [-0.3, -0.25) is 9.59 Å². The van der Waals surface area contributed by atoms with Crippen molar-refractivity contribution in [2.45, 2.75) is 25.9 Å². The number of nitrogens with one attached hydrogen (secondary N) is 1. The first-order chi connectivity index (χ1) is 15.6. The Morgan fingerprint density at radius 3 is 2.25 bits per heavy atom. The van der Waals surface area contributed by atoms with Crippen LogP contribution in [0.1, 0.15) is 19.8 Å². The van der Waals surface area contributed by atoms with Crippen LogP contribution >= 0.6 is 0 Å². The number of pyridine rings is 1. The highest BCUT2D eigenvalue weighted by molar-refractivity contribution is 5.92. The van der Waals surface area contributed by atoms with E-state index >= 15 is 0 Å². The number of carbonyl (C=O) groups is 2. The predicted molar refractivity (Wildman–Crippen MR) is 124 cm³/mol. The van der Waals surface area contributed by atoms with E-state index in [1.165, 1.54) is 0 Å². The molecule has 1 fully saturated rings. The number of carbonyl (C=O) groups excluding carboxylic acids is 2. The number of likely N-dealkylation sites (tertiary alicyclic amines) is 1. The van der Waals surface area contributed by atoms with Gasteiger partial charge in [-0.2, -0.15) is 0 Å². The van der Waals surface area contributed by atoms with Crippen molar-refractivity contribution in [3.05, 3.63) is 79.0 Å². The number of anilines is 1. The van der Waals surface area contributed by atoms with Gasteiger partial charge in [0.2, 0.25) is 5.91 Å². The van der Waals surface area contributed by atoms with Gasteiger partial charge in [0, 0.05) is 25.2 Å². The van der Waals surface area contributed by atoms with E-state index in [2.05, 4.69) is 22.4 Å². The lowest BCUT2D eigenvalue weighted by atomic mass is 9.95. The zero-order valence-electron chi connectivity index (χ0n) is 18.1. The topological polar surface area (TPSA) is 71.5 Å². The summed E-state index contributed by atoms with van der Waals surface area (Å²) in [6.07, 6.45) is 2.32. The van der Waals surface area contributed by atoms with Crippen LogP contribution in [0.5, 0.6) is 5.75 Å². The van der Waals surface area contributed by atoms with Crippen molar-refractivity contribution < 1.29 is 14.3 Å². The summed E-state index contributed by atoms with van der Waals surface area (Å²) in [4.78, 5) is 31.2. The lowest BCUT2D eigenvalue weighted by molar-refractivity contribution is -0.140. The van der Waals surface area contributed by atoms with E-state index in [0.717, 1.165) is 11.1 Å². The normalized spacial score (nSPS) is 15.1. The van der Waals surface area contributed by atoms with Crippen LogP contribution in [0.3, 0.4) is 0 Å². The van der Waals surface area contributed by atoms with Crippen molar-refractivity contribution in [3.63, 3.8) is 0 Å². The van der Waals surface area contributed by atoms with E-state index in [-0.39, 0.29) is 17.7 Å². The van der Waals surface area contributed by atoms with Gasteiger partial charge in [-0.25, -0.2) is 4.98 Å². The molecule has 0 aliphatic carbocycles. The van der Waals surface area contributed by atoms with Crippen LogP contribution in [0.4, 0.5) is 5.82 Å². The van der Waals surface area contributed by atoms with Crippen molar-refractivity contribution in [3.8, 4) is 16.9 Å². The molecule has 1 saturated heterocycles. The molecule has 0 saturated carbocycles. The second-order valence-electron chi connectivity index (χ2n) is 7.95. The van der Waals surface area contributed by atoms with Gasteiger partial charge in [0.1, 0.15) is 11.6 Å². The highest BCUT2D eigenvalue weighted by Crippen LogP contribution is 2.24. The summed E-state index contributed by atoms with van der Waals surface area (Å²) in [6, 6.07) is 23.3. The number of amides is 2. The third-order valence-corrected chi connectivity index (χ3v) is 5.72. The van der Waals surface area contributed by atoms with Gasteiger partial charge < -0.3 is 15.0 Å². The molecule has 1 aromatic heterocycles. The standard InChI is InChI=1S/C26H27N3O3/c1-19(32-23-12-10-21(11-13-23)20-7-3-2-4-8-20)26(31)29-17-14-22(15-18-29)25(30)28-24-9-5-6-16-27-24/h2-13,16,19,22H,14-15,17-18H2,1H3,(H,27,28,30). The van der Waals surface area contributed by atoms with Crippen LogP contribution in [-0.4, -0.2) is 40.9 Å². The van der Waals surface area contributed by atoms with Crippen LogP contribution in [0.2, 0.25) is 0 Å². The fourth-order valence-corrected chi connectivity index (χ4v) is 3.90. The minimum atomic E-state index is -0.587. The van der Waals surface area contributed by atoms with E-state index in [1.807, 2.05) is 48.5 Å². The Hall–Kier alpha value is -3.67. The van der Waals surface area contributed by atoms with Crippen LogP contribution in [0, 0.1) is 5.92 Å². The molecule has 6 nitrogen and oxygen atoms in total. The van der Waals surface area contributed by atoms with Gasteiger partial charge in [-0.05, 0) is 55.2 Å². The maximum absolute atomic E-state index is 12.8. The molecule has 32 heavy (non-hydrogen) atoms. The SMILES string of the molecule is CC(Oc1ccc(-c2ccccc2)cc1)C(=O)N1CCC(C(=O)Nc2ccccn2)CC1. The van der Waals surface area contributed by atoms with Crippen LogP contribution < -0.4 is 10.1 Å². The average molecular weight is 430 g/mol. The summed E-state index contributed by atoms with van der Waals surface area (Å²) in [5.41, 5.74) is 2.24. The Labute approximate surface area is 188 Å². The molecule has 1 aliphatic heterocycles. The summed E-state index contributed by atoms with van der Waals surface area (Å²) in [5, 5.41) is 2.85. The smallest absolute Gasteiger partial charge is 0.263 e. The molecular formula is C26H27N3O3. The summed E-state index contributed by atoms with van der Waals surface area (Å²) in [6.45, 7) is 2.85. The number of hydrogen-bond acceptors (Lipinski definition) is 4. The number of ether oxygens (including phenoxy) is 1.